The van der Waals surface area contributed by atoms with Gasteiger partial charge in [-0.05, 0) is 47.7 Å². The van der Waals surface area contributed by atoms with Crippen LogP contribution in [0.25, 0.3) is 10.2 Å². The summed E-state index contributed by atoms with van der Waals surface area (Å²) in [5.74, 6) is 0. The molecule has 0 aliphatic heterocycles. The number of nitrogens with one attached hydrogen (secondary N) is 1. The molecule has 0 aliphatic rings. The van der Waals surface area contributed by atoms with E-state index >= 15 is 0 Å². The second kappa shape index (κ2) is 6.75. The monoisotopic (exact) mass is 332 g/mol. The minimum absolute atomic E-state index is 0.0284. The first-order valence-corrected chi connectivity index (χ1v) is 8.38. The Balaban J connectivity index is 1.78. The normalized spacial score (nSPS) is 14.1. The Labute approximate surface area is 138 Å². The Kier molecular flexibility index (Phi) is 4.74. The lowest BCUT2D eigenvalue weighted by atomic mass is 10.0. The van der Waals surface area contributed by atoms with Crippen LogP contribution in [0.3, 0.4) is 0 Å². The van der Waals surface area contributed by atoms with Crippen LogP contribution >= 0.6 is 22.9 Å². The van der Waals surface area contributed by atoms with Gasteiger partial charge in [-0.3, -0.25) is 4.98 Å². The quantitative estimate of drug-likeness (QED) is 0.730. The lowest BCUT2D eigenvalue weighted by Gasteiger charge is -2.22. The molecule has 2 N–H and O–H groups in total. The van der Waals surface area contributed by atoms with Crippen LogP contribution in [0.1, 0.15) is 30.1 Å². The summed E-state index contributed by atoms with van der Waals surface area (Å²) >= 11 is 7.60. The molecule has 22 heavy (non-hydrogen) atoms. The second-order valence-corrected chi connectivity index (χ2v) is 6.63. The van der Waals surface area contributed by atoms with Crippen LogP contribution in [0, 0.1) is 0 Å². The zero-order valence-corrected chi connectivity index (χ0v) is 13.7. The molecule has 0 spiro atoms. The lowest BCUT2D eigenvalue weighted by molar-refractivity contribution is 0.235. The van der Waals surface area contributed by atoms with E-state index in [1.165, 1.54) is 4.70 Å². The van der Waals surface area contributed by atoms with Crippen molar-refractivity contribution in [2.75, 3.05) is 6.61 Å². The highest BCUT2D eigenvalue weighted by atomic mass is 35.5. The molecular formula is C17H17ClN2OS. The standard InChI is InChI=1S/C17H17ClN2OS/c1-11(13-8-17-15(19-9-13)6-7-22-17)20-16(10-21)12-2-4-14(18)5-3-12/h2-9,11,16,20-21H,10H2,1H3. The number of rotatable bonds is 5. The van der Waals surface area contributed by atoms with E-state index in [9.17, 15) is 5.11 Å². The van der Waals surface area contributed by atoms with Gasteiger partial charge >= 0.3 is 0 Å². The first-order valence-electron chi connectivity index (χ1n) is 7.13. The highest BCUT2D eigenvalue weighted by Gasteiger charge is 2.15. The van der Waals surface area contributed by atoms with Gasteiger partial charge in [-0.25, -0.2) is 0 Å². The third-order valence-electron chi connectivity index (χ3n) is 3.73. The van der Waals surface area contributed by atoms with Crippen molar-refractivity contribution in [3.63, 3.8) is 0 Å². The van der Waals surface area contributed by atoms with Gasteiger partial charge in [0.05, 0.1) is 22.9 Å². The maximum Gasteiger partial charge on any atom is 0.0809 e. The fraction of sp³-hybridized carbons (Fsp3) is 0.235. The van der Waals surface area contributed by atoms with Crippen LogP contribution in [-0.4, -0.2) is 16.7 Å². The van der Waals surface area contributed by atoms with Crippen molar-refractivity contribution in [2.45, 2.75) is 19.0 Å². The molecule has 0 fully saturated rings. The van der Waals surface area contributed by atoms with Crippen LogP contribution in [0.2, 0.25) is 5.02 Å². The van der Waals surface area contributed by atoms with Crippen molar-refractivity contribution in [3.05, 3.63) is 64.1 Å². The molecule has 3 rings (SSSR count). The first kappa shape index (κ1) is 15.4. The Bertz CT molecular complexity index is 757. The van der Waals surface area contributed by atoms with Crippen molar-refractivity contribution in [1.82, 2.24) is 10.3 Å². The molecule has 0 bridgehead atoms. The minimum atomic E-state index is -0.133. The van der Waals surface area contributed by atoms with Gasteiger partial charge in [0.15, 0.2) is 0 Å². The van der Waals surface area contributed by atoms with E-state index < -0.39 is 0 Å². The Hall–Kier alpha value is -1.46. The number of benzene rings is 1. The van der Waals surface area contributed by atoms with E-state index in [0.29, 0.717) is 5.02 Å². The van der Waals surface area contributed by atoms with Crippen molar-refractivity contribution < 1.29 is 5.11 Å². The summed E-state index contributed by atoms with van der Waals surface area (Å²) in [6.07, 6.45) is 1.89. The largest absolute Gasteiger partial charge is 0.394 e. The number of halogens is 1. The highest BCUT2D eigenvalue weighted by Crippen LogP contribution is 2.25. The predicted molar refractivity (Wildman–Crippen MR) is 92.4 cm³/mol. The highest BCUT2D eigenvalue weighted by molar-refractivity contribution is 7.17. The maximum atomic E-state index is 9.67. The first-order chi connectivity index (χ1) is 10.7. The third kappa shape index (κ3) is 3.31. The number of aromatic nitrogens is 1. The molecule has 5 heteroatoms. The van der Waals surface area contributed by atoms with Crippen LogP contribution < -0.4 is 5.32 Å². The van der Waals surface area contributed by atoms with Crippen LogP contribution in [0.4, 0.5) is 0 Å². The molecule has 0 saturated heterocycles. The third-order valence-corrected chi connectivity index (χ3v) is 4.84. The molecule has 114 valence electrons. The molecular weight excluding hydrogens is 316 g/mol. The van der Waals surface area contributed by atoms with Gasteiger partial charge < -0.3 is 10.4 Å². The maximum absolute atomic E-state index is 9.67. The fourth-order valence-corrected chi connectivity index (χ4v) is 3.36. The number of pyridine rings is 1. The summed E-state index contributed by atoms with van der Waals surface area (Å²) in [5, 5.41) is 15.9. The molecule has 3 aromatic rings. The van der Waals surface area contributed by atoms with E-state index in [0.717, 1.165) is 16.6 Å². The molecule has 3 nitrogen and oxygen atoms in total. The Morgan fingerprint density at radius 3 is 2.73 bits per heavy atom. The van der Waals surface area contributed by atoms with Gasteiger partial charge in [0.25, 0.3) is 0 Å². The lowest BCUT2D eigenvalue weighted by Crippen LogP contribution is -2.27. The van der Waals surface area contributed by atoms with Gasteiger partial charge in [-0.2, -0.15) is 0 Å². The van der Waals surface area contributed by atoms with Crippen molar-refractivity contribution in [3.8, 4) is 0 Å². The molecule has 0 radical (unpaired) electrons. The van der Waals surface area contributed by atoms with Gasteiger partial charge in [0, 0.05) is 17.3 Å². The summed E-state index contributed by atoms with van der Waals surface area (Å²) in [5.41, 5.74) is 3.16. The fourth-order valence-electron chi connectivity index (χ4n) is 2.45. The predicted octanol–water partition coefficient (Wildman–Crippen LogP) is 4.33. The SMILES string of the molecule is CC(NC(CO)c1ccc(Cl)cc1)c1cnc2ccsc2c1. The number of aliphatic hydroxyl groups excluding tert-OH is 1. The number of fused-ring (bicyclic) bond motifs is 1. The van der Waals surface area contributed by atoms with Crippen molar-refractivity contribution in [2.24, 2.45) is 0 Å². The summed E-state index contributed by atoms with van der Waals surface area (Å²) < 4.78 is 1.18. The van der Waals surface area contributed by atoms with E-state index in [2.05, 4.69) is 23.3 Å². The molecule has 2 heterocycles. The molecule has 0 saturated carbocycles. The number of nitrogens with zero attached hydrogens (tertiary/aromatic N) is 1. The Morgan fingerprint density at radius 1 is 1.23 bits per heavy atom. The average Bonchev–Trinajstić information content (AvgIpc) is 3.01. The minimum Gasteiger partial charge on any atom is -0.394 e. The zero-order valence-electron chi connectivity index (χ0n) is 12.2. The summed E-state index contributed by atoms with van der Waals surface area (Å²) in [7, 11) is 0. The average molecular weight is 333 g/mol. The number of hydrogen-bond acceptors (Lipinski definition) is 4. The topological polar surface area (TPSA) is 45.1 Å². The molecule has 0 amide bonds. The van der Waals surface area contributed by atoms with Crippen molar-refractivity contribution in [1.29, 1.82) is 0 Å². The van der Waals surface area contributed by atoms with Crippen LogP contribution in [0.5, 0.6) is 0 Å². The molecule has 2 aromatic heterocycles. The molecule has 2 unspecified atom stereocenters. The Morgan fingerprint density at radius 2 is 2.00 bits per heavy atom. The smallest absolute Gasteiger partial charge is 0.0809 e. The van der Waals surface area contributed by atoms with E-state index in [-0.39, 0.29) is 18.7 Å². The van der Waals surface area contributed by atoms with Gasteiger partial charge in [0.1, 0.15) is 0 Å². The molecule has 0 aliphatic carbocycles. The van der Waals surface area contributed by atoms with Gasteiger partial charge in [-0.15, -0.1) is 11.3 Å². The summed E-state index contributed by atoms with van der Waals surface area (Å²) in [6.45, 7) is 2.11. The van der Waals surface area contributed by atoms with E-state index in [4.69, 9.17) is 11.6 Å². The summed E-state index contributed by atoms with van der Waals surface area (Å²) in [6, 6.07) is 11.7. The van der Waals surface area contributed by atoms with Crippen molar-refractivity contribution >= 4 is 33.2 Å². The van der Waals surface area contributed by atoms with Crippen LogP contribution in [0.15, 0.2) is 48.0 Å². The summed E-state index contributed by atoms with van der Waals surface area (Å²) in [4.78, 5) is 4.47. The number of hydrogen-bond donors (Lipinski definition) is 2. The second-order valence-electron chi connectivity index (χ2n) is 5.25. The van der Waals surface area contributed by atoms with Gasteiger partial charge in [0.2, 0.25) is 0 Å². The number of aliphatic hydroxyl groups is 1. The van der Waals surface area contributed by atoms with Gasteiger partial charge in [-0.1, -0.05) is 23.7 Å². The zero-order chi connectivity index (χ0) is 15.5. The van der Waals surface area contributed by atoms with E-state index in [1.807, 2.05) is 41.9 Å². The van der Waals surface area contributed by atoms with Crippen LogP contribution in [-0.2, 0) is 0 Å². The number of thiophene rings is 1. The van der Waals surface area contributed by atoms with E-state index in [1.54, 1.807) is 11.3 Å². The molecule has 2 atom stereocenters. The molecule has 1 aromatic carbocycles.